The van der Waals surface area contributed by atoms with Gasteiger partial charge in [0, 0.05) is 89.7 Å². The second-order valence-electron chi connectivity index (χ2n) is 23.9. The van der Waals surface area contributed by atoms with E-state index in [1.165, 1.54) is 0 Å². The number of pyridine rings is 1. The number of hydrogen-bond acceptors (Lipinski definition) is 5. The van der Waals surface area contributed by atoms with Gasteiger partial charge in [0.25, 0.3) is 0 Å². The van der Waals surface area contributed by atoms with Crippen LogP contribution in [0.25, 0.3) is 72.1 Å². The summed E-state index contributed by atoms with van der Waals surface area (Å²) in [4.78, 5) is 8.55. The monoisotopic (exact) mass is 1300 g/mol. The number of rotatable bonds is 11. The van der Waals surface area contributed by atoms with Crippen molar-refractivity contribution in [2.24, 2.45) is 0 Å². The van der Waals surface area contributed by atoms with E-state index in [2.05, 4.69) is 92.6 Å². The summed E-state index contributed by atoms with van der Waals surface area (Å²) < 4.78 is 149. The van der Waals surface area contributed by atoms with Crippen molar-refractivity contribution in [2.75, 3.05) is 9.80 Å². The van der Waals surface area contributed by atoms with E-state index in [4.69, 9.17) is 26.8 Å². The number of benzene rings is 10. The van der Waals surface area contributed by atoms with Crippen LogP contribution in [0.15, 0.2) is 236 Å². The summed E-state index contributed by atoms with van der Waals surface area (Å²) in [6.45, 7) is 20.9. The van der Waals surface area contributed by atoms with Crippen LogP contribution in [-0.2, 0) is 37.3 Å². The molecule has 0 spiro atoms. The number of anilines is 4. The van der Waals surface area contributed by atoms with Gasteiger partial charge in [-0.2, -0.15) is 6.07 Å². The Morgan fingerprint density at radius 1 is 0.459 bits per heavy atom. The molecule has 10 aromatic carbocycles. The van der Waals surface area contributed by atoms with Gasteiger partial charge in [0.15, 0.2) is 0 Å². The van der Waals surface area contributed by atoms with Gasteiger partial charge in [0.05, 0.1) is 20.6 Å². The summed E-state index contributed by atoms with van der Waals surface area (Å²) in [6.07, 6.45) is 1.63. The SMILES string of the molecule is [2H]c1c([2H])c([2H])c(-c2cccc(-c3cc(C(C)(C)C)cc(C(C)(C)C)c3)c2Oc2ccnc(-n3c4[c-]c(Oc5[c-]c(N6[CH-]N(c7c(-c8c([2H])c([2H])c([2H])c([2H])c8[2H])cccc7-c7c([2H])c([2H])c([2H])c([2H])c7[2H])c7ccccc76)cc(C(C)(C)C)c5)ccc4c4ccccc43)c2)c([2H])c1[2H].[Pt]. The Bertz CT molecular complexity index is 5160. The molecular formula is C78H67N4O2Pt-3. The van der Waals surface area contributed by atoms with Gasteiger partial charge < -0.3 is 23.8 Å². The number of fused-ring (bicyclic) bond motifs is 4. The quantitative estimate of drug-likeness (QED) is 0.121. The van der Waals surface area contributed by atoms with Crippen molar-refractivity contribution in [3.63, 3.8) is 0 Å². The third-order valence-electron chi connectivity index (χ3n) is 15.1. The van der Waals surface area contributed by atoms with Crippen LogP contribution in [0.5, 0.6) is 23.0 Å². The van der Waals surface area contributed by atoms with Crippen LogP contribution in [0, 0.1) is 18.8 Å². The number of para-hydroxylation sites is 5. The Balaban J connectivity index is 0.00000948. The predicted molar refractivity (Wildman–Crippen MR) is 349 cm³/mol. The number of hydrogen-bond donors (Lipinski definition) is 0. The van der Waals surface area contributed by atoms with Crippen LogP contribution in [0.1, 0.15) is 99.6 Å². The normalized spacial score (nSPS) is 15.0. The minimum absolute atomic E-state index is 0. The zero-order chi connectivity index (χ0) is 71.0. The molecular weight excluding hydrogens is 1220 g/mol. The summed E-state index contributed by atoms with van der Waals surface area (Å²) in [5, 5.41) is 1.72. The Hall–Kier alpha value is -8.96. The third-order valence-corrected chi connectivity index (χ3v) is 15.1. The Morgan fingerprint density at radius 2 is 0.988 bits per heavy atom. The summed E-state index contributed by atoms with van der Waals surface area (Å²) in [6, 6.07) is 42.5. The third kappa shape index (κ3) is 11.1. The van der Waals surface area contributed by atoms with Gasteiger partial charge >= 0.3 is 0 Å². The molecule has 7 heteroatoms. The molecule has 0 saturated carbocycles. The summed E-state index contributed by atoms with van der Waals surface area (Å²) in [5.74, 6) is 1.68. The number of ether oxygens (including phenoxy) is 2. The minimum atomic E-state index is -0.594. The summed E-state index contributed by atoms with van der Waals surface area (Å²) >= 11 is 0. The van der Waals surface area contributed by atoms with Gasteiger partial charge in [0.1, 0.15) is 17.3 Å². The van der Waals surface area contributed by atoms with Gasteiger partial charge in [-0.3, -0.25) is 0 Å². The largest absolute Gasteiger partial charge is 0.509 e. The summed E-state index contributed by atoms with van der Waals surface area (Å²) in [7, 11) is 0. The molecule has 0 unspecified atom stereocenters. The molecule has 1 aliphatic rings. The van der Waals surface area contributed by atoms with Crippen molar-refractivity contribution in [1.82, 2.24) is 9.55 Å². The van der Waals surface area contributed by atoms with E-state index in [0.29, 0.717) is 56.8 Å². The number of aromatic nitrogens is 2. The molecule has 0 fully saturated rings. The molecule has 424 valence electrons. The zero-order valence-corrected chi connectivity index (χ0v) is 50.6. The fourth-order valence-corrected chi connectivity index (χ4v) is 10.7. The van der Waals surface area contributed by atoms with E-state index in [9.17, 15) is 8.22 Å². The molecule has 2 aromatic heterocycles. The Labute approximate surface area is 536 Å². The first kappa shape index (κ1) is 41.1. The van der Waals surface area contributed by atoms with Crippen LogP contribution >= 0.6 is 0 Å². The van der Waals surface area contributed by atoms with Crippen molar-refractivity contribution in [2.45, 2.75) is 78.6 Å². The van der Waals surface area contributed by atoms with Gasteiger partial charge in [-0.15, -0.1) is 53.6 Å². The van der Waals surface area contributed by atoms with Crippen LogP contribution < -0.4 is 19.3 Å². The average molecular weight is 1300 g/mol. The van der Waals surface area contributed by atoms with E-state index in [0.717, 1.165) is 38.5 Å². The van der Waals surface area contributed by atoms with Crippen molar-refractivity contribution in [3.05, 3.63) is 272 Å². The Kier molecular flexibility index (Phi) is 10.9. The van der Waals surface area contributed by atoms with Gasteiger partial charge in [-0.05, 0) is 79.3 Å². The fourth-order valence-electron chi connectivity index (χ4n) is 10.7. The second-order valence-corrected chi connectivity index (χ2v) is 23.9. The molecule has 3 heterocycles. The molecule has 12 aromatic rings. The Morgan fingerprint density at radius 3 is 1.59 bits per heavy atom. The average Bonchev–Trinajstić information content (AvgIpc) is 1.36. The zero-order valence-electron chi connectivity index (χ0n) is 63.4. The number of nitrogens with zero attached hydrogens (tertiary/aromatic N) is 4. The van der Waals surface area contributed by atoms with E-state index in [1.54, 1.807) is 54.2 Å². The van der Waals surface area contributed by atoms with Crippen LogP contribution in [0.2, 0.25) is 0 Å². The molecule has 0 aliphatic carbocycles. The van der Waals surface area contributed by atoms with Crippen molar-refractivity contribution < 1.29 is 51.1 Å². The molecule has 6 nitrogen and oxygen atoms in total. The topological polar surface area (TPSA) is 42.8 Å². The molecule has 1 aliphatic heterocycles. The minimum Gasteiger partial charge on any atom is -0.509 e. The fraction of sp³-hybridized carbons (Fsp3) is 0.154. The van der Waals surface area contributed by atoms with E-state index < -0.39 is 84.0 Å². The first-order valence-corrected chi connectivity index (χ1v) is 27.8. The standard InChI is InChI=1S/C78H67N4O2.Pt/c1-76(2,3)56-43-55(44-57(45-56)77(4,5)6)66-35-24-34-65(54-29-17-12-18-30-54)75(66)84-61-41-42-79-73(50-61)82-69-36-20-19-31-67(69)68-40-39-60(49-72(68)82)83-62-47-58(78(7,8)9)46-59(48-62)80-51-81(71-38-22-21-37-70(71)80)74-63(52-25-13-10-14-26-52)32-23-33-64(74)53-27-15-11-16-28-53;/h10-47,50-51H,1-9H3;/q-3;/i10D,11D,12D,13D,14D,15D,16D,17D,18D,25D,26D,27D,28D,29D,30D;. The van der Waals surface area contributed by atoms with Crippen LogP contribution in [0.3, 0.4) is 0 Å². The van der Waals surface area contributed by atoms with Gasteiger partial charge in [-0.25, -0.2) is 4.98 Å². The summed E-state index contributed by atoms with van der Waals surface area (Å²) in [5.41, 5.74) is 6.92. The maximum absolute atomic E-state index is 9.19. The van der Waals surface area contributed by atoms with E-state index in [-0.39, 0.29) is 83.2 Å². The van der Waals surface area contributed by atoms with Crippen molar-refractivity contribution in [3.8, 4) is 73.3 Å². The molecule has 85 heavy (non-hydrogen) atoms. The van der Waals surface area contributed by atoms with Gasteiger partial charge in [0.2, 0.25) is 0 Å². The van der Waals surface area contributed by atoms with E-state index in [1.807, 2.05) is 94.4 Å². The molecule has 0 atom stereocenters. The van der Waals surface area contributed by atoms with Crippen LogP contribution in [-0.4, -0.2) is 9.55 Å². The molecule has 0 radical (unpaired) electrons. The second kappa shape index (κ2) is 22.6. The first-order valence-electron chi connectivity index (χ1n) is 35.3. The van der Waals surface area contributed by atoms with Crippen molar-refractivity contribution >= 4 is 44.6 Å². The predicted octanol–water partition coefficient (Wildman–Crippen LogP) is 21.3. The molecule has 0 saturated heterocycles. The molecule has 0 bridgehead atoms. The molecule has 0 N–H and O–H groups in total. The van der Waals surface area contributed by atoms with E-state index >= 15 is 0 Å². The van der Waals surface area contributed by atoms with Crippen LogP contribution in [0.4, 0.5) is 22.7 Å². The van der Waals surface area contributed by atoms with Crippen molar-refractivity contribution in [1.29, 1.82) is 0 Å². The molecule has 13 rings (SSSR count). The maximum atomic E-state index is 9.19. The van der Waals surface area contributed by atoms with Gasteiger partial charge in [-0.1, -0.05) is 243 Å². The first-order chi connectivity index (χ1) is 46.7. The smallest absolute Gasteiger partial charge is 0.143 e. The molecule has 0 amide bonds. The maximum Gasteiger partial charge on any atom is 0.143 e.